The number of nitrogens with zero attached hydrogens (tertiary/aromatic N) is 2. The molecule has 112 valence electrons. The van der Waals surface area contributed by atoms with Gasteiger partial charge in [-0.25, -0.2) is 0 Å². The Morgan fingerprint density at radius 3 is 2.86 bits per heavy atom. The molecular formula is C14H16N2O5. The van der Waals surface area contributed by atoms with Crippen LogP contribution in [0.25, 0.3) is 0 Å². The molecule has 1 aromatic heterocycles. The van der Waals surface area contributed by atoms with Crippen LogP contribution in [0.3, 0.4) is 0 Å². The van der Waals surface area contributed by atoms with Crippen molar-refractivity contribution < 1.29 is 19.9 Å². The lowest BCUT2D eigenvalue weighted by Gasteiger charge is -2.26. The van der Waals surface area contributed by atoms with Crippen LogP contribution in [0.1, 0.15) is 31.7 Å². The fraction of sp³-hybridized carbons (Fsp3) is 0.500. The van der Waals surface area contributed by atoms with Crippen LogP contribution in [0.2, 0.25) is 0 Å². The van der Waals surface area contributed by atoms with E-state index in [1.165, 1.54) is 19.2 Å². The van der Waals surface area contributed by atoms with Crippen LogP contribution >= 0.6 is 0 Å². The second-order valence-corrected chi connectivity index (χ2v) is 5.12. The second-order valence-electron chi connectivity index (χ2n) is 5.12. The summed E-state index contributed by atoms with van der Waals surface area (Å²) in [5.41, 5.74) is -1.30. The Morgan fingerprint density at radius 1 is 1.62 bits per heavy atom. The Morgan fingerprint density at radius 2 is 2.33 bits per heavy atom. The highest BCUT2D eigenvalue weighted by molar-refractivity contribution is 5.54. The van der Waals surface area contributed by atoms with Crippen LogP contribution in [0.15, 0.2) is 12.3 Å². The van der Waals surface area contributed by atoms with Gasteiger partial charge in [0, 0.05) is 6.07 Å². The van der Waals surface area contributed by atoms with E-state index in [4.69, 9.17) is 9.84 Å². The quantitative estimate of drug-likeness (QED) is 0.487. The third-order valence-corrected chi connectivity index (χ3v) is 3.17. The van der Waals surface area contributed by atoms with Gasteiger partial charge in [-0.15, -0.1) is 0 Å². The number of ether oxygens (including phenoxy) is 1. The highest BCUT2D eigenvalue weighted by Gasteiger charge is 2.27. The van der Waals surface area contributed by atoms with E-state index in [-0.39, 0.29) is 17.4 Å². The number of pyridine rings is 1. The van der Waals surface area contributed by atoms with Crippen molar-refractivity contribution in [2.24, 2.45) is 0 Å². The van der Waals surface area contributed by atoms with Gasteiger partial charge in [0.2, 0.25) is 5.75 Å². The van der Waals surface area contributed by atoms with E-state index in [0.29, 0.717) is 0 Å². The molecule has 0 aliphatic heterocycles. The first-order valence-corrected chi connectivity index (χ1v) is 6.59. The summed E-state index contributed by atoms with van der Waals surface area (Å²) in [5.74, 6) is 4.72. The Kier molecular flexibility index (Phi) is 4.40. The third kappa shape index (κ3) is 3.68. The van der Waals surface area contributed by atoms with Gasteiger partial charge < -0.3 is 25.1 Å². The molecule has 21 heavy (non-hydrogen) atoms. The molecule has 0 radical (unpaired) electrons. The van der Waals surface area contributed by atoms with Crippen molar-refractivity contribution >= 4 is 5.82 Å². The molecule has 1 fully saturated rings. The fourth-order valence-electron chi connectivity index (χ4n) is 1.68. The normalized spacial score (nSPS) is 17.1. The third-order valence-electron chi connectivity index (χ3n) is 3.17. The summed E-state index contributed by atoms with van der Waals surface area (Å²) in [7, 11) is 0. The minimum Gasteiger partial charge on any atom is -0.482 e. The second kappa shape index (κ2) is 6.08. The largest absolute Gasteiger partial charge is 0.482 e. The zero-order valence-corrected chi connectivity index (χ0v) is 11.6. The average Bonchev–Trinajstić information content (AvgIpc) is 2.40. The van der Waals surface area contributed by atoms with Crippen LogP contribution in [-0.4, -0.2) is 38.4 Å². The van der Waals surface area contributed by atoms with Gasteiger partial charge in [0.25, 0.3) is 0 Å². The lowest BCUT2D eigenvalue weighted by Crippen LogP contribution is -2.26. The van der Waals surface area contributed by atoms with Crippen LogP contribution in [-0.2, 0) is 0 Å². The minimum absolute atomic E-state index is 0.0217. The first-order valence-electron chi connectivity index (χ1n) is 6.59. The molecule has 1 aliphatic rings. The number of aromatic nitrogens is 1. The summed E-state index contributed by atoms with van der Waals surface area (Å²) < 4.78 is 5.62. The zero-order valence-electron chi connectivity index (χ0n) is 11.6. The van der Waals surface area contributed by atoms with Crippen molar-refractivity contribution in [1.29, 1.82) is 0 Å². The van der Waals surface area contributed by atoms with E-state index in [2.05, 4.69) is 16.8 Å². The van der Waals surface area contributed by atoms with Gasteiger partial charge in [0.1, 0.15) is 11.8 Å². The van der Waals surface area contributed by atoms with Crippen molar-refractivity contribution in [3.8, 4) is 17.6 Å². The number of hydrogen-bond donors (Lipinski definition) is 2. The maximum Gasteiger partial charge on any atom is 0.407 e. The zero-order chi connectivity index (χ0) is 15.5. The number of aliphatic hydroxyl groups is 2. The molecule has 0 amide bonds. The van der Waals surface area contributed by atoms with Crippen molar-refractivity contribution in [3.63, 3.8) is 0 Å². The number of hydrogen-bond acceptors (Lipinski definition) is 6. The molecule has 1 aromatic rings. The summed E-state index contributed by atoms with van der Waals surface area (Å²) in [6.45, 7) is 0.814. The van der Waals surface area contributed by atoms with Crippen LogP contribution in [0.4, 0.5) is 5.82 Å². The molecule has 1 unspecified atom stereocenters. The molecule has 0 aromatic carbocycles. The molecule has 0 saturated heterocycles. The molecular weight excluding hydrogens is 276 g/mol. The Balaban J connectivity index is 2.39. The Labute approximate surface area is 121 Å². The first kappa shape index (κ1) is 15.2. The monoisotopic (exact) mass is 292 g/mol. The molecule has 0 bridgehead atoms. The number of aliphatic hydroxyl groups excluding tert-OH is 1. The fourth-order valence-corrected chi connectivity index (χ4v) is 1.68. The summed E-state index contributed by atoms with van der Waals surface area (Å²) in [5, 5.41) is 29.7. The van der Waals surface area contributed by atoms with E-state index in [1.807, 2.05) is 0 Å². The highest BCUT2D eigenvalue weighted by atomic mass is 16.6. The van der Waals surface area contributed by atoms with Gasteiger partial charge in [0.05, 0.1) is 18.3 Å². The van der Waals surface area contributed by atoms with Gasteiger partial charge in [-0.2, -0.15) is 0 Å². The smallest absolute Gasteiger partial charge is 0.407 e. The van der Waals surface area contributed by atoms with Gasteiger partial charge >= 0.3 is 5.82 Å². The molecule has 2 rings (SSSR count). The van der Waals surface area contributed by atoms with Crippen molar-refractivity contribution in [2.45, 2.75) is 37.9 Å². The van der Waals surface area contributed by atoms with Crippen molar-refractivity contribution in [2.75, 3.05) is 6.61 Å². The molecule has 1 aliphatic carbocycles. The molecule has 7 heteroatoms. The maximum atomic E-state index is 11.0. The maximum absolute atomic E-state index is 11.0. The number of nitro groups is 1. The molecule has 0 spiro atoms. The Hall–Kier alpha value is -2.17. The number of rotatable bonds is 4. The molecule has 7 nitrogen and oxygen atoms in total. The van der Waals surface area contributed by atoms with Gasteiger partial charge in [-0.1, -0.05) is 11.8 Å². The molecule has 1 atom stereocenters. The van der Waals surface area contributed by atoms with Crippen LogP contribution < -0.4 is 4.74 Å². The molecule has 2 N–H and O–H groups in total. The van der Waals surface area contributed by atoms with Crippen LogP contribution in [0.5, 0.6) is 5.75 Å². The SMILES string of the molecule is CC(O)(C#Cc1ccnc([N+](=O)[O-])c1OC1CCC1)CO. The van der Waals surface area contributed by atoms with E-state index >= 15 is 0 Å². The van der Waals surface area contributed by atoms with Gasteiger partial charge in [-0.3, -0.25) is 0 Å². The predicted octanol–water partition coefficient (Wildman–Crippen LogP) is 1.02. The summed E-state index contributed by atoms with van der Waals surface area (Å²) >= 11 is 0. The van der Waals surface area contributed by atoms with Crippen LogP contribution in [0, 0.1) is 22.0 Å². The average molecular weight is 292 g/mol. The lowest BCUT2D eigenvalue weighted by atomic mass is 9.96. The highest BCUT2D eigenvalue weighted by Crippen LogP contribution is 2.33. The Bertz CT molecular complexity index is 599. The van der Waals surface area contributed by atoms with Gasteiger partial charge in [0.15, 0.2) is 0 Å². The van der Waals surface area contributed by atoms with Crippen molar-refractivity contribution in [1.82, 2.24) is 4.98 Å². The standard InChI is InChI=1S/C14H16N2O5/c1-14(18,9-17)7-5-10-6-8-15-13(16(19)20)12(10)21-11-3-2-4-11/h6,8,11,17-18H,2-4,9H2,1H3. The van der Waals surface area contributed by atoms with E-state index in [9.17, 15) is 15.2 Å². The minimum atomic E-state index is -1.58. The van der Waals surface area contributed by atoms with Gasteiger partial charge in [-0.05, 0) is 36.1 Å². The molecule has 1 saturated carbocycles. The summed E-state index contributed by atoms with van der Waals surface area (Å²) in [6.07, 6.45) is 3.91. The van der Waals surface area contributed by atoms with E-state index in [0.717, 1.165) is 19.3 Å². The first-order chi connectivity index (χ1) is 9.93. The topological polar surface area (TPSA) is 106 Å². The van der Waals surface area contributed by atoms with E-state index in [1.54, 1.807) is 0 Å². The lowest BCUT2D eigenvalue weighted by molar-refractivity contribution is -0.390. The predicted molar refractivity (Wildman–Crippen MR) is 73.7 cm³/mol. The molecule has 1 heterocycles. The summed E-state index contributed by atoms with van der Waals surface area (Å²) in [6, 6.07) is 1.49. The van der Waals surface area contributed by atoms with Crippen molar-refractivity contribution in [3.05, 3.63) is 27.9 Å². The summed E-state index contributed by atoms with van der Waals surface area (Å²) in [4.78, 5) is 14.1. The van der Waals surface area contributed by atoms with E-state index < -0.39 is 22.9 Å².